The standard InChI is InChI=1S/C21H15Br3/c1-11-7-16-15-6-4-3-5-13(15)8-17(16)20(12(11)2)21-18(23)9-14(22)10-19(21)24/h3-7,9-10H,8H2,1-2H3. The lowest BCUT2D eigenvalue weighted by Crippen LogP contribution is -1.97. The van der Waals surface area contributed by atoms with Gasteiger partial charge in [-0.1, -0.05) is 78.1 Å². The lowest BCUT2D eigenvalue weighted by atomic mass is 9.89. The predicted molar refractivity (Wildman–Crippen MR) is 113 cm³/mol. The third-order valence-electron chi connectivity index (χ3n) is 4.89. The molecule has 0 saturated heterocycles. The topological polar surface area (TPSA) is 0 Å². The van der Waals surface area contributed by atoms with Crippen LogP contribution in [0, 0.1) is 13.8 Å². The van der Waals surface area contributed by atoms with Crippen LogP contribution in [0.5, 0.6) is 0 Å². The molecular weight excluding hydrogens is 492 g/mol. The van der Waals surface area contributed by atoms with Crippen molar-refractivity contribution >= 4 is 47.8 Å². The zero-order valence-corrected chi connectivity index (χ0v) is 18.1. The van der Waals surface area contributed by atoms with Gasteiger partial charge in [-0.05, 0) is 71.3 Å². The van der Waals surface area contributed by atoms with Crippen molar-refractivity contribution in [2.24, 2.45) is 0 Å². The van der Waals surface area contributed by atoms with Crippen LogP contribution in [0.25, 0.3) is 22.3 Å². The molecule has 0 unspecified atom stereocenters. The van der Waals surface area contributed by atoms with E-state index in [1.807, 2.05) is 0 Å². The monoisotopic (exact) mass is 504 g/mol. The van der Waals surface area contributed by atoms with Gasteiger partial charge in [0.25, 0.3) is 0 Å². The Morgan fingerprint density at radius 3 is 2.17 bits per heavy atom. The van der Waals surface area contributed by atoms with Gasteiger partial charge in [0.15, 0.2) is 0 Å². The first kappa shape index (κ1) is 16.6. The highest BCUT2D eigenvalue weighted by atomic mass is 79.9. The van der Waals surface area contributed by atoms with Gasteiger partial charge in [0, 0.05) is 19.0 Å². The van der Waals surface area contributed by atoms with Crippen molar-refractivity contribution in [3.8, 4) is 22.3 Å². The number of aryl methyl sites for hydroxylation is 1. The van der Waals surface area contributed by atoms with E-state index in [-0.39, 0.29) is 0 Å². The molecule has 0 aromatic heterocycles. The minimum Gasteiger partial charge on any atom is -0.0619 e. The van der Waals surface area contributed by atoms with Gasteiger partial charge in [-0.15, -0.1) is 0 Å². The second-order valence-electron chi connectivity index (χ2n) is 6.30. The molecule has 0 atom stereocenters. The molecule has 0 nitrogen and oxygen atoms in total. The molecule has 0 heterocycles. The summed E-state index contributed by atoms with van der Waals surface area (Å²) in [6, 6.07) is 15.3. The van der Waals surface area contributed by atoms with Crippen LogP contribution in [-0.2, 0) is 6.42 Å². The number of halogens is 3. The number of hydrogen-bond acceptors (Lipinski definition) is 0. The van der Waals surface area contributed by atoms with Crippen molar-refractivity contribution in [3.63, 3.8) is 0 Å². The van der Waals surface area contributed by atoms with Crippen molar-refractivity contribution in [2.75, 3.05) is 0 Å². The highest BCUT2D eigenvalue weighted by Crippen LogP contribution is 2.48. The van der Waals surface area contributed by atoms with Crippen LogP contribution in [0.2, 0.25) is 0 Å². The van der Waals surface area contributed by atoms with Gasteiger partial charge < -0.3 is 0 Å². The van der Waals surface area contributed by atoms with E-state index in [0.717, 1.165) is 19.8 Å². The predicted octanol–water partition coefficient (Wildman–Crippen LogP) is 7.83. The van der Waals surface area contributed by atoms with E-state index < -0.39 is 0 Å². The Balaban J connectivity index is 2.08. The van der Waals surface area contributed by atoms with Crippen LogP contribution in [0.1, 0.15) is 22.3 Å². The molecule has 4 rings (SSSR count). The largest absolute Gasteiger partial charge is 0.0619 e. The minimum absolute atomic E-state index is 0.997. The van der Waals surface area contributed by atoms with E-state index in [4.69, 9.17) is 0 Å². The Hall–Kier alpha value is -0.900. The van der Waals surface area contributed by atoms with Crippen LogP contribution in [0.15, 0.2) is 55.9 Å². The highest BCUT2D eigenvalue weighted by Gasteiger charge is 2.25. The molecule has 0 bridgehead atoms. The third kappa shape index (κ3) is 2.53. The Labute approximate surface area is 167 Å². The first-order valence-electron chi connectivity index (χ1n) is 7.83. The summed E-state index contributed by atoms with van der Waals surface area (Å²) in [5.41, 5.74) is 10.9. The quantitative estimate of drug-likeness (QED) is 0.247. The average Bonchev–Trinajstić information content (AvgIpc) is 2.88. The zero-order valence-electron chi connectivity index (χ0n) is 13.4. The molecule has 3 aromatic rings. The molecule has 0 amide bonds. The van der Waals surface area contributed by atoms with Gasteiger partial charge in [-0.25, -0.2) is 0 Å². The molecule has 0 fully saturated rings. The second-order valence-corrected chi connectivity index (χ2v) is 8.92. The maximum atomic E-state index is 3.78. The smallest absolute Gasteiger partial charge is 0.0276 e. The third-order valence-corrected chi connectivity index (χ3v) is 6.59. The molecular formula is C21H15Br3. The van der Waals surface area contributed by atoms with E-state index in [9.17, 15) is 0 Å². The molecule has 24 heavy (non-hydrogen) atoms. The Bertz CT molecular complexity index is 964. The summed E-state index contributed by atoms with van der Waals surface area (Å²) in [6.45, 7) is 4.44. The van der Waals surface area contributed by atoms with Crippen molar-refractivity contribution in [1.29, 1.82) is 0 Å². The fraction of sp³-hybridized carbons (Fsp3) is 0.143. The van der Waals surface area contributed by atoms with Crippen molar-refractivity contribution in [3.05, 3.63) is 78.1 Å². The molecule has 0 aliphatic heterocycles. The van der Waals surface area contributed by atoms with E-state index >= 15 is 0 Å². The molecule has 3 heteroatoms. The molecule has 120 valence electrons. The number of benzene rings is 3. The SMILES string of the molecule is Cc1cc2c(c(-c3c(Br)cc(Br)cc3Br)c1C)Cc1ccccc1-2. The fourth-order valence-electron chi connectivity index (χ4n) is 3.64. The Kier molecular flexibility index (Phi) is 4.22. The van der Waals surface area contributed by atoms with Gasteiger partial charge in [0.1, 0.15) is 0 Å². The van der Waals surface area contributed by atoms with E-state index in [0.29, 0.717) is 0 Å². The minimum atomic E-state index is 0.997. The van der Waals surface area contributed by atoms with Gasteiger partial charge in [0.2, 0.25) is 0 Å². The molecule has 0 spiro atoms. The zero-order chi connectivity index (χ0) is 17.0. The van der Waals surface area contributed by atoms with Crippen molar-refractivity contribution in [1.82, 2.24) is 0 Å². The van der Waals surface area contributed by atoms with Gasteiger partial charge >= 0.3 is 0 Å². The first-order chi connectivity index (χ1) is 11.5. The maximum Gasteiger partial charge on any atom is 0.0276 e. The fourth-order valence-corrected chi connectivity index (χ4v) is 6.30. The Morgan fingerprint density at radius 2 is 1.46 bits per heavy atom. The van der Waals surface area contributed by atoms with Crippen LogP contribution < -0.4 is 0 Å². The van der Waals surface area contributed by atoms with Crippen LogP contribution in [0.4, 0.5) is 0 Å². The van der Waals surface area contributed by atoms with Gasteiger partial charge in [-0.2, -0.15) is 0 Å². The summed E-state index contributed by atoms with van der Waals surface area (Å²) in [5, 5.41) is 0. The summed E-state index contributed by atoms with van der Waals surface area (Å²) in [6.07, 6.45) is 0.997. The molecule has 1 aliphatic carbocycles. The summed E-state index contributed by atoms with van der Waals surface area (Å²) in [7, 11) is 0. The highest BCUT2D eigenvalue weighted by molar-refractivity contribution is 9.11. The van der Waals surface area contributed by atoms with Crippen molar-refractivity contribution < 1.29 is 0 Å². The summed E-state index contributed by atoms with van der Waals surface area (Å²) in [4.78, 5) is 0. The molecule has 3 aromatic carbocycles. The van der Waals surface area contributed by atoms with E-state index in [2.05, 4.69) is 104 Å². The normalized spacial score (nSPS) is 12.2. The van der Waals surface area contributed by atoms with Crippen LogP contribution in [0.3, 0.4) is 0 Å². The number of rotatable bonds is 1. The molecule has 0 N–H and O–H groups in total. The van der Waals surface area contributed by atoms with Crippen molar-refractivity contribution in [2.45, 2.75) is 20.3 Å². The lowest BCUT2D eigenvalue weighted by Gasteiger charge is -2.18. The molecule has 0 saturated carbocycles. The average molecular weight is 507 g/mol. The van der Waals surface area contributed by atoms with E-state index in [1.165, 1.54) is 44.5 Å². The first-order valence-corrected chi connectivity index (χ1v) is 10.2. The number of fused-ring (bicyclic) bond motifs is 3. The van der Waals surface area contributed by atoms with E-state index in [1.54, 1.807) is 0 Å². The van der Waals surface area contributed by atoms with Crippen LogP contribution in [-0.4, -0.2) is 0 Å². The second kappa shape index (κ2) is 6.12. The van der Waals surface area contributed by atoms with Gasteiger partial charge in [-0.3, -0.25) is 0 Å². The maximum absolute atomic E-state index is 3.78. The number of hydrogen-bond donors (Lipinski definition) is 0. The summed E-state index contributed by atoms with van der Waals surface area (Å²) >= 11 is 11.1. The summed E-state index contributed by atoms with van der Waals surface area (Å²) in [5.74, 6) is 0. The van der Waals surface area contributed by atoms with Gasteiger partial charge in [0.05, 0.1) is 0 Å². The summed E-state index contributed by atoms with van der Waals surface area (Å²) < 4.78 is 3.28. The Morgan fingerprint density at radius 1 is 0.792 bits per heavy atom. The van der Waals surface area contributed by atoms with Crippen LogP contribution >= 0.6 is 47.8 Å². The molecule has 0 radical (unpaired) electrons. The lowest BCUT2D eigenvalue weighted by molar-refractivity contribution is 1.23. The molecule has 1 aliphatic rings.